The van der Waals surface area contributed by atoms with Crippen molar-refractivity contribution in [1.82, 2.24) is 0 Å². The van der Waals surface area contributed by atoms with E-state index in [1.165, 1.54) is 6.08 Å². The minimum absolute atomic E-state index is 0. The van der Waals surface area contributed by atoms with Crippen LogP contribution in [0.25, 0.3) is 0 Å². The first kappa shape index (κ1) is 15.9. The van der Waals surface area contributed by atoms with E-state index in [-0.39, 0.29) is 50.1 Å². The summed E-state index contributed by atoms with van der Waals surface area (Å²) in [6.07, 6.45) is 1.32. The molecule has 0 fully saturated rings. The van der Waals surface area contributed by atoms with Crippen LogP contribution in [-0.2, 0) is 27.2 Å². The fourth-order valence-corrected chi connectivity index (χ4v) is 0. The zero-order valence-corrected chi connectivity index (χ0v) is 10.7. The number of carbonyl (C=O) groups is 1. The van der Waals surface area contributed by atoms with Crippen molar-refractivity contribution in [2.45, 2.75) is 0 Å². The average molecular weight is 400 g/mol. The second-order valence-electron chi connectivity index (χ2n) is 0.568. The van der Waals surface area contributed by atoms with Crippen molar-refractivity contribution in [3.05, 3.63) is 12.7 Å². The maximum atomic E-state index is 9.73. The van der Waals surface area contributed by atoms with Crippen molar-refractivity contribution >= 4 is 50.2 Å². The van der Waals surface area contributed by atoms with Gasteiger partial charge in [0.25, 0.3) is 0 Å². The Bertz CT molecular complexity index is 64.0. The van der Waals surface area contributed by atoms with Crippen LogP contribution in [0.1, 0.15) is 0 Å². The first-order valence-corrected chi connectivity index (χ1v) is 2.58. The van der Waals surface area contributed by atoms with Gasteiger partial charge >= 0.3 is 43.8 Å². The van der Waals surface area contributed by atoms with E-state index in [4.69, 9.17) is 0 Å². The summed E-state index contributed by atoms with van der Waals surface area (Å²) in [5.41, 5.74) is 0. The molecule has 0 saturated heterocycles. The van der Waals surface area contributed by atoms with Gasteiger partial charge in [0, 0.05) is 46.3 Å². The van der Waals surface area contributed by atoms with Gasteiger partial charge in [-0.25, -0.2) is 0 Å². The van der Waals surface area contributed by atoms with Crippen LogP contribution in [0.5, 0.6) is 0 Å². The van der Waals surface area contributed by atoms with E-state index in [2.05, 4.69) is 6.58 Å². The molecule has 0 N–H and O–H groups in total. The molecular formula is C3H3AgOSn2. The molecule has 0 atom stereocenters. The van der Waals surface area contributed by atoms with Crippen LogP contribution in [0.4, 0.5) is 0 Å². The van der Waals surface area contributed by atoms with Gasteiger partial charge in [0.2, 0.25) is 0 Å². The van der Waals surface area contributed by atoms with E-state index in [0.717, 1.165) is 22.5 Å². The third-order valence-corrected chi connectivity index (χ3v) is 0.768. The molecule has 7 heavy (non-hydrogen) atoms. The molecule has 0 heterocycles. The predicted molar refractivity (Wildman–Crippen MR) is 26.7 cm³/mol. The van der Waals surface area contributed by atoms with Gasteiger partial charge < -0.3 is 0 Å². The van der Waals surface area contributed by atoms with Gasteiger partial charge in [-0.15, -0.1) is 0 Å². The minimum atomic E-state index is 0. The topological polar surface area (TPSA) is 17.1 Å². The molecule has 0 aliphatic carbocycles. The smallest absolute Gasteiger partial charge is 0 e. The third-order valence-electron chi connectivity index (χ3n) is 0.185. The van der Waals surface area contributed by atoms with Crippen LogP contribution in [0.2, 0.25) is 0 Å². The van der Waals surface area contributed by atoms with Gasteiger partial charge in [-0.3, -0.25) is 0 Å². The van der Waals surface area contributed by atoms with Crippen LogP contribution >= 0.6 is 0 Å². The molecule has 0 rings (SSSR count). The van der Waals surface area contributed by atoms with Gasteiger partial charge in [0.15, 0.2) is 0 Å². The third kappa shape index (κ3) is 18.2. The van der Waals surface area contributed by atoms with Gasteiger partial charge in [-0.1, -0.05) is 0 Å². The van der Waals surface area contributed by atoms with Gasteiger partial charge in [0.05, 0.1) is 0 Å². The van der Waals surface area contributed by atoms with Crippen molar-refractivity contribution in [2.24, 2.45) is 0 Å². The molecule has 0 unspecified atom stereocenters. The predicted octanol–water partition coefficient (Wildman–Crippen LogP) is -0.516. The zero-order chi connectivity index (χ0) is 4.28. The SMILES string of the molecule is C=C[C](=O)[Sn].[Ag].[Sn]. The molecule has 1 nitrogen and oxygen atoms in total. The molecule has 40 valence electrons. The second-order valence-corrected chi connectivity index (χ2v) is 1.97. The molecule has 0 aliphatic heterocycles. The van der Waals surface area contributed by atoms with E-state index < -0.39 is 0 Å². The summed E-state index contributed by atoms with van der Waals surface area (Å²) in [7, 11) is 0. The molecule has 4 heteroatoms. The number of rotatable bonds is 1. The second kappa shape index (κ2) is 10.7. The van der Waals surface area contributed by atoms with E-state index in [0.29, 0.717) is 0 Å². The standard InChI is InChI=1S/C3H3O.Ag.2Sn/c1-2-3-4;;;/h2H,1H2;;;. The van der Waals surface area contributed by atoms with Crippen molar-refractivity contribution in [2.75, 3.05) is 0 Å². The maximum absolute atomic E-state index is 9.73. The number of allylic oxidation sites excluding steroid dienone is 1. The van der Waals surface area contributed by atoms with Crippen LogP contribution in [0.15, 0.2) is 12.7 Å². The minimum Gasteiger partial charge on any atom is 0 e. The fraction of sp³-hybridized carbons (Fsp3) is 0. The normalized spacial score (nSPS) is 4.71. The van der Waals surface area contributed by atoms with Crippen LogP contribution in [0, 0.1) is 0 Å². The molecule has 0 aromatic rings. The molecular weight excluding hydrogens is 397 g/mol. The van der Waals surface area contributed by atoms with E-state index in [9.17, 15) is 4.79 Å². The number of hydrogen-bond acceptors (Lipinski definition) is 1. The van der Waals surface area contributed by atoms with Crippen molar-refractivity contribution in [3.63, 3.8) is 0 Å². The monoisotopic (exact) mass is 402 g/mol. The number of hydrogen-bond donors (Lipinski definition) is 0. The first-order chi connectivity index (χ1) is 2.27. The molecule has 0 aliphatic rings. The molecule has 0 saturated carbocycles. The Kier molecular flexibility index (Phi) is 24.2. The average Bonchev–Trinajstić information content (AvgIpc) is 1.38. The van der Waals surface area contributed by atoms with Crippen LogP contribution < -0.4 is 0 Å². The molecule has 0 aromatic carbocycles. The first-order valence-electron chi connectivity index (χ1n) is 1.15. The summed E-state index contributed by atoms with van der Waals surface area (Å²) in [4.78, 5) is 9.73. The quantitative estimate of drug-likeness (QED) is 0.428. The van der Waals surface area contributed by atoms with Crippen molar-refractivity contribution in [3.8, 4) is 0 Å². The molecule has 0 bridgehead atoms. The van der Waals surface area contributed by atoms with Gasteiger partial charge in [-0.2, -0.15) is 0 Å². The summed E-state index contributed by atoms with van der Waals surface area (Å²) in [6.45, 7) is 3.23. The molecule has 0 aromatic heterocycles. The van der Waals surface area contributed by atoms with Crippen molar-refractivity contribution in [1.29, 1.82) is 0 Å². The van der Waals surface area contributed by atoms with Gasteiger partial charge in [-0.05, 0) is 0 Å². The van der Waals surface area contributed by atoms with E-state index in [1.54, 1.807) is 0 Å². The molecule has 0 amide bonds. The molecule has 8 radical (unpaired) electrons. The summed E-state index contributed by atoms with van der Waals surface area (Å²) in [5.74, 6) is 0. The zero-order valence-electron chi connectivity index (χ0n) is 3.49. The Morgan fingerprint density at radius 2 is 1.86 bits per heavy atom. The number of carbonyl (C=O) groups excluding carboxylic acids is 1. The summed E-state index contributed by atoms with van der Waals surface area (Å²) < 4.78 is 0.109. The largest absolute Gasteiger partial charge is 0 e. The summed E-state index contributed by atoms with van der Waals surface area (Å²) in [5, 5.41) is 0. The fourth-order valence-electron chi connectivity index (χ4n) is 0. The van der Waals surface area contributed by atoms with E-state index >= 15 is 0 Å². The van der Waals surface area contributed by atoms with Crippen LogP contribution in [0.3, 0.4) is 0 Å². The summed E-state index contributed by atoms with van der Waals surface area (Å²) in [6, 6.07) is 0. The Morgan fingerprint density at radius 1 is 1.71 bits per heavy atom. The Morgan fingerprint density at radius 3 is 1.86 bits per heavy atom. The van der Waals surface area contributed by atoms with Gasteiger partial charge in [0.1, 0.15) is 0 Å². The Labute approximate surface area is 88.9 Å². The molecule has 0 spiro atoms. The van der Waals surface area contributed by atoms with Crippen molar-refractivity contribution < 1.29 is 27.2 Å². The Hall–Kier alpha value is 1.75. The maximum Gasteiger partial charge on any atom is 0 e. The Balaban J connectivity index is -0.0000000800. The summed E-state index contributed by atoms with van der Waals surface area (Å²) >= 11 is 0.913. The van der Waals surface area contributed by atoms with Crippen LogP contribution in [-0.4, -0.2) is 50.2 Å². The van der Waals surface area contributed by atoms with E-state index in [1.807, 2.05) is 0 Å².